The molecule has 1 amide bonds. The van der Waals surface area contributed by atoms with Crippen molar-refractivity contribution in [2.45, 2.75) is 13.5 Å². The summed E-state index contributed by atoms with van der Waals surface area (Å²) in [6.07, 6.45) is 1.64. The van der Waals surface area contributed by atoms with Crippen LogP contribution in [0.5, 0.6) is 11.5 Å². The number of esters is 1. The molecule has 0 unspecified atom stereocenters. The molecule has 0 spiro atoms. The number of nitrogens with zero attached hydrogens (tertiary/aromatic N) is 1. The molecule has 11 heteroatoms. The van der Waals surface area contributed by atoms with Crippen LogP contribution in [-0.4, -0.2) is 35.7 Å². The molecule has 40 heavy (non-hydrogen) atoms. The smallest absolute Gasteiger partial charge is 0.344 e. The largest absolute Gasteiger partial charge is 0.506 e. The Bertz CT molecular complexity index is 1560. The molecule has 7 nitrogen and oxygen atoms in total. The first-order chi connectivity index (χ1) is 19.2. The van der Waals surface area contributed by atoms with Crippen molar-refractivity contribution in [1.29, 1.82) is 0 Å². The maximum Gasteiger partial charge on any atom is 0.344 e. The average molecular weight is 663 g/mol. The predicted octanol–water partition coefficient (Wildman–Crippen LogP) is 8.05. The van der Waals surface area contributed by atoms with E-state index in [1.165, 1.54) is 7.11 Å². The van der Waals surface area contributed by atoms with E-state index in [9.17, 15) is 14.7 Å². The summed E-state index contributed by atoms with van der Waals surface area (Å²) in [4.78, 5) is 29.8. The van der Waals surface area contributed by atoms with Gasteiger partial charge in [-0.3, -0.25) is 4.79 Å². The van der Waals surface area contributed by atoms with E-state index in [-0.39, 0.29) is 29.6 Å². The second-order valence-electron chi connectivity index (χ2n) is 8.20. The number of halogens is 3. The summed E-state index contributed by atoms with van der Waals surface area (Å²) in [6.45, 7) is 1.91. The monoisotopic (exact) mass is 661 g/mol. The number of methoxy groups -OCH3 is 1. The Kier molecular flexibility index (Phi) is 9.97. The summed E-state index contributed by atoms with van der Waals surface area (Å²) in [6, 6.07) is 17.0. The minimum absolute atomic E-state index is 0.0434. The summed E-state index contributed by atoms with van der Waals surface area (Å²) in [5.74, 6) is -0.811. The number of aliphatic hydroxyl groups is 1. The lowest BCUT2D eigenvalue weighted by atomic mass is 10.1. The summed E-state index contributed by atoms with van der Waals surface area (Å²) >= 11 is 16.7. The van der Waals surface area contributed by atoms with Gasteiger partial charge in [0.1, 0.15) is 23.0 Å². The molecule has 206 valence electrons. The van der Waals surface area contributed by atoms with E-state index < -0.39 is 11.9 Å². The van der Waals surface area contributed by atoms with Gasteiger partial charge in [0.2, 0.25) is 0 Å². The third kappa shape index (κ3) is 6.90. The van der Waals surface area contributed by atoms with Crippen LogP contribution >= 0.6 is 50.9 Å². The van der Waals surface area contributed by atoms with Crippen molar-refractivity contribution >= 4 is 73.9 Å². The molecule has 0 saturated heterocycles. The highest BCUT2D eigenvalue weighted by Crippen LogP contribution is 2.42. The fraction of sp³-hybridized carbons (Fsp3) is 0.138. The maximum absolute atomic E-state index is 12.7. The number of aliphatic imine (C=N–C) groups is 1. The van der Waals surface area contributed by atoms with Gasteiger partial charge in [-0.2, -0.15) is 0 Å². The number of rotatable bonds is 8. The number of hydrogen-bond acceptors (Lipinski definition) is 7. The SMILES string of the molecule is CCOC(=O)C1=C(O)/C(=C/c2cc(Br)c(OCc3ccc(Cl)cc3Cl)c(OC)c2)SC1=NC(=O)c1ccccc1. The van der Waals surface area contributed by atoms with Crippen molar-refractivity contribution < 1.29 is 28.9 Å². The van der Waals surface area contributed by atoms with Gasteiger partial charge in [-0.25, -0.2) is 9.79 Å². The predicted molar refractivity (Wildman–Crippen MR) is 162 cm³/mol. The van der Waals surface area contributed by atoms with E-state index in [2.05, 4.69) is 20.9 Å². The normalized spacial score (nSPS) is 15.0. The van der Waals surface area contributed by atoms with Crippen LogP contribution in [0, 0.1) is 0 Å². The molecule has 1 N–H and O–H groups in total. The van der Waals surface area contributed by atoms with Gasteiger partial charge < -0.3 is 19.3 Å². The van der Waals surface area contributed by atoms with Crippen molar-refractivity contribution in [2.24, 2.45) is 4.99 Å². The Labute approximate surface area is 253 Å². The Morgan fingerprint density at radius 1 is 1.10 bits per heavy atom. The average Bonchev–Trinajstić information content (AvgIpc) is 3.23. The second kappa shape index (κ2) is 13.4. The Morgan fingerprint density at radius 3 is 2.52 bits per heavy atom. The van der Waals surface area contributed by atoms with Gasteiger partial charge in [0, 0.05) is 21.2 Å². The molecule has 0 radical (unpaired) electrons. The van der Waals surface area contributed by atoms with Gasteiger partial charge in [0.25, 0.3) is 5.91 Å². The van der Waals surface area contributed by atoms with Crippen LogP contribution in [0.3, 0.4) is 0 Å². The molecular formula is C29H22BrCl2NO6S. The van der Waals surface area contributed by atoms with Crippen LogP contribution in [0.25, 0.3) is 6.08 Å². The highest BCUT2D eigenvalue weighted by atomic mass is 79.9. The third-order valence-electron chi connectivity index (χ3n) is 5.53. The Morgan fingerprint density at radius 2 is 1.85 bits per heavy atom. The van der Waals surface area contributed by atoms with Crippen molar-refractivity contribution in [3.63, 3.8) is 0 Å². The number of thioether (sulfide) groups is 1. The molecule has 4 rings (SSSR count). The van der Waals surface area contributed by atoms with Crippen molar-refractivity contribution in [1.82, 2.24) is 0 Å². The van der Waals surface area contributed by atoms with Crippen molar-refractivity contribution in [2.75, 3.05) is 13.7 Å². The van der Waals surface area contributed by atoms with E-state index in [1.54, 1.807) is 73.7 Å². The van der Waals surface area contributed by atoms with Crippen LogP contribution < -0.4 is 9.47 Å². The summed E-state index contributed by atoms with van der Waals surface area (Å²) < 4.78 is 17.2. The quantitative estimate of drug-likeness (QED) is 0.244. The van der Waals surface area contributed by atoms with E-state index in [4.69, 9.17) is 37.4 Å². The first kappa shape index (κ1) is 29.7. The molecule has 1 heterocycles. The molecular weight excluding hydrogens is 641 g/mol. The molecule has 0 saturated carbocycles. The van der Waals surface area contributed by atoms with Crippen molar-refractivity contribution in [3.8, 4) is 11.5 Å². The Hall–Kier alpha value is -3.24. The van der Waals surface area contributed by atoms with E-state index >= 15 is 0 Å². The number of carbonyl (C=O) groups is 2. The van der Waals surface area contributed by atoms with Crippen molar-refractivity contribution in [3.05, 3.63) is 108 Å². The first-order valence-electron chi connectivity index (χ1n) is 11.8. The van der Waals surface area contributed by atoms with Crippen LogP contribution in [0.4, 0.5) is 0 Å². The van der Waals surface area contributed by atoms with Crippen LogP contribution in [0.15, 0.2) is 86.4 Å². The zero-order valence-electron chi connectivity index (χ0n) is 21.2. The number of carbonyl (C=O) groups excluding carboxylic acids is 2. The molecule has 0 fully saturated rings. The molecule has 0 aliphatic carbocycles. The van der Waals surface area contributed by atoms with Gasteiger partial charge in [-0.05, 0) is 70.9 Å². The lowest BCUT2D eigenvalue weighted by Crippen LogP contribution is -2.14. The molecule has 3 aromatic rings. The van der Waals surface area contributed by atoms with E-state index in [0.717, 1.165) is 17.3 Å². The number of hydrogen-bond donors (Lipinski definition) is 1. The van der Waals surface area contributed by atoms with Gasteiger partial charge in [-0.1, -0.05) is 59.2 Å². The van der Waals surface area contributed by atoms with Crippen LogP contribution in [0.1, 0.15) is 28.4 Å². The summed E-state index contributed by atoms with van der Waals surface area (Å²) in [7, 11) is 1.50. The zero-order chi connectivity index (χ0) is 28.8. The number of benzene rings is 3. The molecule has 3 aromatic carbocycles. The van der Waals surface area contributed by atoms with Crippen LogP contribution in [-0.2, 0) is 16.1 Å². The number of ether oxygens (including phenoxy) is 3. The van der Waals surface area contributed by atoms with Gasteiger partial charge in [0.05, 0.1) is 23.1 Å². The molecule has 1 aliphatic rings. The van der Waals surface area contributed by atoms with Gasteiger partial charge in [0.15, 0.2) is 11.5 Å². The first-order valence-corrected chi connectivity index (χ1v) is 14.2. The minimum atomic E-state index is -0.779. The zero-order valence-corrected chi connectivity index (χ0v) is 25.2. The third-order valence-corrected chi connectivity index (χ3v) is 7.73. The highest BCUT2D eigenvalue weighted by molar-refractivity contribution is 9.10. The highest BCUT2D eigenvalue weighted by Gasteiger charge is 2.34. The number of aliphatic hydroxyl groups excluding tert-OH is 1. The fourth-order valence-electron chi connectivity index (χ4n) is 3.63. The van der Waals surface area contributed by atoms with E-state index in [1.807, 2.05) is 0 Å². The fourth-order valence-corrected chi connectivity index (χ4v) is 5.68. The van der Waals surface area contributed by atoms with Gasteiger partial charge in [-0.15, -0.1) is 0 Å². The van der Waals surface area contributed by atoms with E-state index in [0.29, 0.717) is 42.0 Å². The summed E-state index contributed by atoms with van der Waals surface area (Å²) in [5, 5.41) is 12.0. The second-order valence-corrected chi connectivity index (χ2v) is 10.9. The van der Waals surface area contributed by atoms with Crippen LogP contribution in [0.2, 0.25) is 10.0 Å². The lowest BCUT2D eigenvalue weighted by Gasteiger charge is -2.14. The maximum atomic E-state index is 12.7. The molecule has 0 bridgehead atoms. The molecule has 0 aromatic heterocycles. The topological polar surface area (TPSA) is 94.4 Å². The summed E-state index contributed by atoms with van der Waals surface area (Å²) in [5.41, 5.74) is 1.54. The molecule has 1 aliphatic heterocycles. The standard InChI is InChI=1S/C29H22BrCl2NO6S/c1-3-38-29(36)24-25(34)23(40-28(24)33-27(35)17-7-5-4-6-8-17)13-16-11-20(30)26(22(12-16)37-2)39-15-18-9-10-19(31)14-21(18)32/h4-14,34H,3,15H2,1-2H3/b23-13-,33-28?. The molecule has 0 atom stereocenters. The van der Waals surface area contributed by atoms with Gasteiger partial charge >= 0.3 is 5.97 Å². The Balaban J connectivity index is 1.65. The lowest BCUT2D eigenvalue weighted by molar-refractivity contribution is -0.138. The minimum Gasteiger partial charge on any atom is -0.506 e. The number of amides is 1.